The summed E-state index contributed by atoms with van der Waals surface area (Å²) in [5, 5.41) is 15.5. The number of hydrogen-bond donors (Lipinski definition) is 1. The molecule has 0 amide bonds. The van der Waals surface area contributed by atoms with Gasteiger partial charge in [-0.3, -0.25) is 4.68 Å². The van der Waals surface area contributed by atoms with Crippen LogP contribution in [0.15, 0.2) is 22.8 Å². The molecule has 0 saturated heterocycles. The van der Waals surface area contributed by atoms with Gasteiger partial charge in [0.1, 0.15) is 0 Å². The van der Waals surface area contributed by atoms with E-state index in [9.17, 15) is 0 Å². The van der Waals surface area contributed by atoms with Crippen LogP contribution in [-0.4, -0.2) is 34.1 Å². The van der Waals surface area contributed by atoms with Crippen LogP contribution < -0.4 is 10.1 Å². The van der Waals surface area contributed by atoms with Crippen molar-refractivity contribution in [2.24, 2.45) is 7.05 Å². The first-order chi connectivity index (χ1) is 8.67. The lowest BCUT2D eigenvalue weighted by Gasteiger charge is -2.16. The first kappa shape index (κ1) is 13.0. The van der Waals surface area contributed by atoms with Gasteiger partial charge in [-0.25, -0.2) is 0 Å². The molecule has 1 unspecified atom stereocenters. The standard InChI is InChI=1S/C11H14BrN5O/c1-13-10(11-7(12)6-14-17(11)2)8-4-5-9(18-3)16-15-8/h4-6,10,13H,1-3H3. The molecule has 2 aromatic rings. The van der Waals surface area contributed by atoms with E-state index in [0.29, 0.717) is 5.88 Å². The van der Waals surface area contributed by atoms with E-state index in [0.717, 1.165) is 15.9 Å². The van der Waals surface area contributed by atoms with Crippen LogP contribution in [0.4, 0.5) is 0 Å². The third-order valence-corrected chi connectivity index (χ3v) is 3.28. The number of ether oxygens (including phenoxy) is 1. The van der Waals surface area contributed by atoms with Crippen LogP contribution in [0.5, 0.6) is 5.88 Å². The normalized spacial score (nSPS) is 12.4. The van der Waals surface area contributed by atoms with Gasteiger partial charge in [0.15, 0.2) is 0 Å². The molecule has 0 bridgehead atoms. The fourth-order valence-corrected chi connectivity index (χ4v) is 2.34. The Kier molecular flexibility index (Phi) is 3.93. The Morgan fingerprint density at radius 3 is 2.61 bits per heavy atom. The Balaban J connectivity index is 2.39. The number of halogens is 1. The Labute approximate surface area is 113 Å². The summed E-state index contributed by atoms with van der Waals surface area (Å²) in [7, 11) is 5.33. The summed E-state index contributed by atoms with van der Waals surface area (Å²) in [5.74, 6) is 0.498. The molecule has 0 spiro atoms. The van der Waals surface area contributed by atoms with E-state index >= 15 is 0 Å². The minimum Gasteiger partial charge on any atom is -0.480 e. The molecular formula is C11H14BrN5O. The number of methoxy groups -OCH3 is 1. The second kappa shape index (κ2) is 5.45. The quantitative estimate of drug-likeness (QED) is 0.921. The van der Waals surface area contributed by atoms with Crippen LogP contribution in [0.25, 0.3) is 0 Å². The molecule has 7 heteroatoms. The van der Waals surface area contributed by atoms with Gasteiger partial charge in [-0.2, -0.15) is 5.10 Å². The average molecular weight is 312 g/mol. The third-order valence-electron chi connectivity index (χ3n) is 2.67. The van der Waals surface area contributed by atoms with E-state index in [2.05, 4.69) is 36.5 Å². The molecule has 2 heterocycles. The van der Waals surface area contributed by atoms with Crippen molar-refractivity contribution in [2.45, 2.75) is 6.04 Å². The number of aromatic nitrogens is 4. The molecule has 0 aliphatic carbocycles. The topological polar surface area (TPSA) is 64.9 Å². The number of nitrogens with one attached hydrogen (secondary N) is 1. The van der Waals surface area contributed by atoms with Gasteiger partial charge in [0.05, 0.1) is 35.2 Å². The largest absolute Gasteiger partial charge is 0.480 e. The first-order valence-electron chi connectivity index (χ1n) is 5.39. The summed E-state index contributed by atoms with van der Waals surface area (Å²) in [6.45, 7) is 0. The van der Waals surface area contributed by atoms with Crippen molar-refractivity contribution in [1.82, 2.24) is 25.3 Å². The smallest absolute Gasteiger partial charge is 0.233 e. The van der Waals surface area contributed by atoms with Crippen LogP contribution in [-0.2, 0) is 7.05 Å². The Morgan fingerprint density at radius 1 is 1.39 bits per heavy atom. The van der Waals surface area contributed by atoms with E-state index in [1.807, 2.05) is 20.2 Å². The van der Waals surface area contributed by atoms with Gasteiger partial charge in [-0.1, -0.05) is 0 Å². The molecule has 2 rings (SSSR count). The van der Waals surface area contributed by atoms with Crippen molar-refractivity contribution in [1.29, 1.82) is 0 Å². The van der Waals surface area contributed by atoms with Crippen molar-refractivity contribution in [3.8, 4) is 5.88 Å². The maximum Gasteiger partial charge on any atom is 0.233 e. The molecule has 6 nitrogen and oxygen atoms in total. The van der Waals surface area contributed by atoms with Crippen LogP contribution in [0, 0.1) is 0 Å². The molecule has 1 atom stereocenters. The maximum atomic E-state index is 5.00. The highest BCUT2D eigenvalue weighted by Gasteiger charge is 2.20. The molecule has 0 saturated carbocycles. The maximum absolute atomic E-state index is 5.00. The number of rotatable bonds is 4. The molecular weight excluding hydrogens is 298 g/mol. The second-order valence-corrected chi connectivity index (χ2v) is 4.58. The monoisotopic (exact) mass is 311 g/mol. The predicted octanol–water partition coefficient (Wildman–Crippen LogP) is 1.29. The van der Waals surface area contributed by atoms with Gasteiger partial charge in [-0.15, -0.1) is 10.2 Å². The van der Waals surface area contributed by atoms with Gasteiger partial charge in [0, 0.05) is 13.1 Å². The molecule has 0 aromatic carbocycles. The molecule has 0 aliphatic rings. The lowest BCUT2D eigenvalue weighted by Crippen LogP contribution is -2.22. The zero-order valence-electron chi connectivity index (χ0n) is 10.4. The lowest BCUT2D eigenvalue weighted by atomic mass is 10.1. The average Bonchev–Trinajstić information content (AvgIpc) is 2.72. The second-order valence-electron chi connectivity index (χ2n) is 3.72. The highest BCUT2D eigenvalue weighted by molar-refractivity contribution is 9.10. The summed E-state index contributed by atoms with van der Waals surface area (Å²) < 4.78 is 7.74. The number of hydrogen-bond acceptors (Lipinski definition) is 5. The first-order valence-corrected chi connectivity index (χ1v) is 6.19. The van der Waals surface area contributed by atoms with Crippen LogP contribution >= 0.6 is 15.9 Å². The zero-order chi connectivity index (χ0) is 13.1. The molecule has 18 heavy (non-hydrogen) atoms. The van der Waals surface area contributed by atoms with Crippen molar-refractivity contribution >= 4 is 15.9 Å². The SMILES string of the molecule is CNC(c1ccc(OC)nn1)c1c(Br)cnn1C. The van der Waals surface area contributed by atoms with E-state index in [4.69, 9.17) is 4.74 Å². The predicted molar refractivity (Wildman–Crippen MR) is 70.4 cm³/mol. The number of aryl methyl sites for hydroxylation is 1. The zero-order valence-corrected chi connectivity index (χ0v) is 12.0. The minimum absolute atomic E-state index is 0.0784. The fourth-order valence-electron chi connectivity index (χ4n) is 1.76. The summed E-state index contributed by atoms with van der Waals surface area (Å²) in [4.78, 5) is 0. The van der Waals surface area contributed by atoms with E-state index < -0.39 is 0 Å². The summed E-state index contributed by atoms with van der Waals surface area (Å²) in [5.41, 5.74) is 1.81. The summed E-state index contributed by atoms with van der Waals surface area (Å²) >= 11 is 3.49. The third kappa shape index (κ3) is 2.37. The minimum atomic E-state index is -0.0784. The van der Waals surface area contributed by atoms with Crippen molar-refractivity contribution in [2.75, 3.05) is 14.2 Å². The highest BCUT2D eigenvalue weighted by atomic mass is 79.9. The lowest BCUT2D eigenvalue weighted by molar-refractivity contribution is 0.390. The molecule has 0 fully saturated rings. The molecule has 2 aromatic heterocycles. The van der Waals surface area contributed by atoms with Gasteiger partial charge in [-0.05, 0) is 29.0 Å². The molecule has 96 valence electrons. The van der Waals surface area contributed by atoms with Crippen LogP contribution in [0.1, 0.15) is 17.4 Å². The van der Waals surface area contributed by atoms with Crippen LogP contribution in [0.2, 0.25) is 0 Å². The van der Waals surface area contributed by atoms with E-state index in [1.165, 1.54) is 0 Å². The van der Waals surface area contributed by atoms with Gasteiger partial charge < -0.3 is 10.1 Å². The highest BCUT2D eigenvalue weighted by Crippen LogP contribution is 2.26. The van der Waals surface area contributed by atoms with Gasteiger partial charge in [0.2, 0.25) is 5.88 Å². The molecule has 1 N–H and O–H groups in total. The van der Waals surface area contributed by atoms with E-state index in [1.54, 1.807) is 24.1 Å². The van der Waals surface area contributed by atoms with Crippen molar-refractivity contribution < 1.29 is 4.74 Å². The van der Waals surface area contributed by atoms with Crippen molar-refractivity contribution in [3.05, 3.63) is 34.2 Å². The Hall–Kier alpha value is -1.47. The van der Waals surface area contributed by atoms with Crippen molar-refractivity contribution in [3.63, 3.8) is 0 Å². The number of nitrogens with zero attached hydrogens (tertiary/aromatic N) is 4. The van der Waals surface area contributed by atoms with Gasteiger partial charge >= 0.3 is 0 Å². The van der Waals surface area contributed by atoms with Gasteiger partial charge in [0.25, 0.3) is 0 Å². The molecule has 0 radical (unpaired) electrons. The fraction of sp³-hybridized carbons (Fsp3) is 0.364. The Bertz CT molecular complexity index is 505. The van der Waals surface area contributed by atoms with Crippen LogP contribution in [0.3, 0.4) is 0 Å². The van der Waals surface area contributed by atoms with E-state index in [-0.39, 0.29) is 6.04 Å². The summed E-state index contributed by atoms with van der Waals surface area (Å²) in [6.07, 6.45) is 1.76. The summed E-state index contributed by atoms with van der Waals surface area (Å²) in [6, 6.07) is 3.59. The Morgan fingerprint density at radius 2 is 2.17 bits per heavy atom. The molecule has 0 aliphatic heterocycles.